The topological polar surface area (TPSA) is 143 Å². The molecule has 8 heteroatoms. The lowest BCUT2D eigenvalue weighted by Gasteiger charge is -2.15. The fraction of sp³-hybridized carbons (Fsp3) is 0.278. The molecule has 0 saturated carbocycles. The summed E-state index contributed by atoms with van der Waals surface area (Å²) in [5.41, 5.74) is 4.21. The number of hydrogen-bond acceptors (Lipinski definition) is 5. The maximum absolute atomic E-state index is 12.1. The maximum Gasteiger partial charge on any atom is 0.342 e. The number of benzene rings is 1. The van der Waals surface area contributed by atoms with Crippen molar-refractivity contribution < 1.29 is 24.5 Å². The molecule has 1 heterocycles. The summed E-state index contributed by atoms with van der Waals surface area (Å²) in [7, 11) is 0. The lowest BCUT2D eigenvalue weighted by Crippen LogP contribution is -2.24. The first-order valence-corrected chi connectivity index (χ1v) is 8.06. The zero-order valence-corrected chi connectivity index (χ0v) is 14.2. The van der Waals surface area contributed by atoms with Crippen LogP contribution in [-0.2, 0) is 11.3 Å². The Hall–Kier alpha value is -3.13. The summed E-state index contributed by atoms with van der Waals surface area (Å²) in [6.07, 6.45) is 1.82. The molecule has 2 aromatic rings. The van der Waals surface area contributed by atoms with E-state index in [1.165, 1.54) is 0 Å². The number of nitrogens with two attached hydrogens (primary N) is 1. The third kappa shape index (κ3) is 3.92. The van der Waals surface area contributed by atoms with Gasteiger partial charge in [0.1, 0.15) is 16.9 Å². The quantitative estimate of drug-likeness (QED) is 0.529. The molecule has 1 aromatic carbocycles. The summed E-state index contributed by atoms with van der Waals surface area (Å²) < 4.78 is 5.57. The summed E-state index contributed by atoms with van der Waals surface area (Å²) in [5.74, 6) is -3.37. The van der Waals surface area contributed by atoms with Crippen LogP contribution in [0.4, 0.5) is 5.82 Å². The van der Waals surface area contributed by atoms with E-state index < -0.39 is 34.4 Å². The highest BCUT2D eigenvalue weighted by atomic mass is 16.5. The summed E-state index contributed by atoms with van der Waals surface area (Å²) in [6.45, 7) is 2.69. The highest BCUT2D eigenvalue weighted by molar-refractivity contribution is 6.07. The van der Waals surface area contributed by atoms with Crippen LogP contribution >= 0.6 is 0 Å². The average Bonchev–Trinajstić information content (AvgIpc) is 2.57. The zero-order chi connectivity index (χ0) is 19.3. The van der Waals surface area contributed by atoms with Crippen molar-refractivity contribution >= 4 is 17.8 Å². The number of H-pyrrole nitrogens is 1. The number of aromatic carboxylic acids is 2. The number of pyridine rings is 1. The van der Waals surface area contributed by atoms with E-state index in [4.69, 9.17) is 10.5 Å². The molecule has 0 amide bonds. The van der Waals surface area contributed by atoms with Gasteiger partial charge in [0.2, 0.25) is 0 Å². The average molecular weight is 360 g/mol. The number of ether oxygens (including phenoxy) is 1. The van der Waals surface area contributed by atoms with E-state index in [0.29, 0.717) is 12.2 Å². The summed E-state index contributed by atoms with van der Waals surface area (Å²) >= 11 is 0. The molecule has 0 spiro atoms. The molecule has 0 bridgehead atoms. The van der Waals surface area contributed by atoms with Gasteiger partial charge in [0.15, 0.2) is 0 Å². The minimum Gasteiger partial charge on any atom is -0.478 e. The Balaban J connectivity index is 2.70. The van der Waals surface area contributed by atoms with E-state index >= 15 is 0 Å². The SMILES string of the molecule is CCCCOCc1ccccc1-c1c(C(=O)O)c(N)[nH]c(=O)c1C(=O)O. The van der Waals surface area contributed by atoms with E-state index in [1.807, 2.05) is 6.92 Å². The van der Waals surface area contributed by atoms with Crippen molar-refractivity contribution in [1.82, 2.24) is 4.98 Å². The van der Waals surface area contributed by atoms with Crippen LogP contribution in [0.3, 0.4) is 0 Å². The standard InChI is InChI=1S/C18H20N2O6/c1-2-3-8-26-9-10-6-4-5-7-11(10)12-13(17(22)23)15(19)20-16(21)14(12)18(24)25/h4-7H,2-3,8-9H2,1H3,(H,22,23)(H,24,25)(H3,19,20,21). The third-order valence-electron chi connectivity index (χ3n) is 3.86. The van der Waals surface area contributed by atoms with E-state index in [0.717, 1.165) is 12.8 Å². The van der Waals surface area contributed by atoms with Crippen molar-refractivity contribution in [3.05, 3.63) is 51.3 Å². The molecule has 0 aliphatic carbocycles. The fourth-order valence-electron chi connectivity index (χ4n) is 2.63. The lowest BCUT2D eigenvalue weighted by molar-refractivity contribution is 0.0695. The molecule has 0 saturated heterocycles. The van der Waals surface area contributed by atoms with Gasteiger partial charge in [-0.3, -0.25) is 4.79 Å². The number of carboxylic acid groups (broad SMARTS) is 2. The first-order valence-electron chi connectivity index (χ1n) is 8.06. The van der Waals surface area contributed by atoms with Crippen molar-refractivity contribution in [1.29, 1.82) is 0 Å². The molecule has 2 rings (SSSR count). The van der Waals surface area contributed by atoms with E-state index in [2.05, 4.69) is 4.98 Å². The number of anilines is 1. The van der Waals surface area contributed by atoms with Crippen molar-refractivity contribution in [3.8, 4) is 11.1 Å². The van der Waals surface area contributed by atoms with Gasteiger partial charge < -0.3 is 25.7 Å². The Kier molecular flexibility index (Phi) is 6.13. The second-order valence-corrected chi connectivity index (χ2v) is 5.67. The molecule has 26 heavy (non-hydrogen) atoms. The Morgan fingerprint density at radius 1 is 1.15 bits per heavy atom. The number of carbonyl (C=O) groups is 2. The first kappa shape index (κ1) is 19.2. The van der Waals surface area contributed by atoms with Crippen molar-refractivity contribution in [2.45, 2.75) is 26.4 Å². The number of aromatic nitrogens is 1. The van der Waals surface area contributed by atoms with Gasteiger partial charge in [0.05, 0.1) is 6.61 Å². The van der Waals surface area contributed by atoms with Gasteiger partial charge in [-0.15, -0.1) is 0 Å². The molecule has 5 N–H and O–H groups in total. The fourth-order valence-corrected chi connectivity index (χ4v) is 2.63. The van der Waals surface area contributed by atoms with Crippen LogP contribution in [-0.4, -0.2) is 33.7 Å². The highest BCUT2D eigenvalue weighted by Gasteiger charge is 2.27. The smallest absolute Gasteiger partial charge is 0.342 e. The van der Waals surface area contributed by atoms with E-state index in [-0.39, 0.29) is 17.7 Å². The predicted molar refractivity (Wildman–Crippen MR) is 95.4 cm³/mol. The van der Waals surface area contributed by atoms with Crippen LogP contribution in [0, 0.1) is 0 Å². The number of nitrogen functional groups attached to an aromatic ring is 1. The van der Waals surface area contributed by atoms with Gasteiger partial charge in [-0.2, -0.15) is 0 Å². The summed E-state index contributed by atoms with van der Waals surface area (Å²) in [4.78, 5) is 37.5. The van der Waals surface area contributed by atoms with Gasteiger partial charge in [0.25, 0.3) is 5.56 Å². The van der Waals surface area contributed by atoms with Gasteiger partial charge in [-0.05, 0) is 17.5 Å². The largest absolute Gasteiger partial charge is 0.478 e. The first-order chi connectivity index (χ1) is 12.4. The molecule has 0 aliphatic heterocycles. The number of aromatic amines is 1. The van der Waals surface area contributed by atoms with Gasteiger partial charge >= 0.3 is 11.9 Å². The number of nitrogens with one attached hydrogen (secondary N) is 1. The molecule has 0 atom stereocenters. The molecule has 0 aliphatic rings. The minimum atomic E-state index is -1.54. The molecular weight excluding hydrogens is 340 g/mol. The van der Waals surface area contributed by atoms with Crippen LogP contribution in [0.2, 0.25) is 0 Å². The number of rotatable bonds is 8. The van der Waals surface area contributed by atoms with Gasteiger partial charge in [-0.25, -0.2) is 9.59 Å². The minimum absolute atomic E-state index is 0.154. The van der Waals surface area contributed by atoms with Crippen LogP contribution in [0.1, 0.15) is 46.0 Å². The van der Waals surface area contributed by atoms with Crippen molar-refractivity contribution in [2.75, 3.05) is 12.3 Å². The Labute approximate surface area is 149 Å². The second kappa shape index (κ2) is 8.30. The molecule has 0 fully saturated rings. The molecule has 0 radical (unpaired) electrons. The lowest BCUT2D eigenvalue weighted by atomic mass is 9.92. The summed E-state index contributed by atoms with van der Waals surface area (Å²) in [6, 6.07) is 6.58. The Morgan fingerprint density at radius 3 is 2.42 bits per heavy atom. The van der Waals surface area contributed by atoms with Crippen molar-refractivity contribution in [3.63, 3.8) is 0 Å². The molecule has 0 unspecified atom stereocenters. The van der Waals surface area contributed by atoms with Gasteiger partial charge in [0, 0.05) is 12.2 Å². The Bertz CT molecular complexity index is 888. The van der Waals surface area contributed by atoms with E-state index in [1.54, 1.807) is 24.3 Å². The predicted octanol–water partition coefficient (Wildman–Crippen LogP) is 2.34. The molecule has 138 valence electrons. The highest BCUT2D eigenvalue weighted by Crippen LogP contribution is 2.32. The molecular formula is C18H20N2O6. The number of carboxylic acids is 2. The van der Waals surface area contributed by atoms with Crippen LogP contribution in [0.25, 0.3) is 11.1 Å². The number of hydrogen-bond donors (Lipinski definition) is 4. The van der Waals surface area contributed by atoms with Gasteiger partial charge in [-0.1, -0.05) is 37.6 Å². The monoisotopic (exact) mass is 360 g/mol. The second-order valence-electron chi connectivity index (χ2n) is 5.67. The van der Waals surface area contributed by atoms with Crippen LogP contribution in [0.5, 0.6) is 0 Å². The molecule has 1 aromatic heterocycles. The third-order valence-corrected chi connectivity index (χ3v) is 3.86. The maximum atomic E-state index is 12.1. The van der Waals surface area contributed by atoms with Crippen LogP contribution in [0.15, 0.2) is 29.1 Å². The van der Waals surface area contributed by atoms with Crippen LogP contribution < -0.4 is 11.3 Å². The molecule has 8 nitrogen and oxygen atoms in total. The Morgan fingerprint density at radius 2 is 1.81 bits per heavy atom. The van der Waals surface area contributed by atoms with E-state index in [9.17, 15) is 24.6 Å². The number of unbranched alkanes of at least 4 members (excludes halogenated alkanes) is 1. The zero-order valence-electron chi connectivity index (χ0n) is 14.2. The van der Waals surface area contributed by atoms with Crippen molar-refractivity contribution in [2.24, 2.45) is 0 Å². The summed E-state index contributed by atoms with van der Waals surface area (Å²) in [5, 5.41) is 19.0. The normalized spacial score (nSPS) is 10.7.